The zero-order valence-corrected chi connectivity index (χ0v) is 12.1. The molecule has 104 valence electrons. The molecule has 0 bridgehead atoms. The van der Waals surface area contributed by atoms with Crippen LogP contribution in [0.4, 0.5) is 13.2 Å². The molecule has 0 N–H and O–H groups in total. The molecule has 1 aromatic rings. The highest BCUT2D eigenvalue weighted by Crippen LogP contribution is 2.24. The van der Waals surface area contributed by atoms with Crippen LogP contribution in [0.15, 0.2) is 40.0 Å². The number of halogens is 4. The molecular formula is C13H12F3IO2. The molecule has 0 atom stereocenters. The largest absolute Gasteiger partial charge is 0.462 e. The maximum Gasteiger partial charge on any atom is 0.410 e. The molecule has 1 aromatic carbocycles. The van der Waals surface area contributed by atoms with E-state index in [-0.39, 0.29) is 22.7 Å². The van der Waals surface area contributed by atoms with Gasteiger partial charge in [0.05, 0.1) is 12.2 Å². The van der Waals surface area contributed by atoms with Gasteiger partial charge in [0.1, 0.15) is 0 Å². The monoisotopic (exact) mass is 384 g/mol. The fourth-order valence-electron chi connectivity index (χ4n) is 1.31. The predicted molar refractivity (Wildman–Crippen MR) is 74.1 cm³/mol. The molecule has 0 radical (unpaired) electrons. The maximum absolute atomic E-state index is 12.0. The lowest BCUT2D eigenvalue weighted by molar-refractivity contribution is -0.0801. The van der Waals surface area contributed by atoms with Crippen molar-refractivity contribution in [3.8, 4) is 0 Å². The molecule has 0 spiro atoms. The van der Waals surface area contributed by atoms with Crippen LogP contribution < -0.4 is 0 Å². The van der Waals surface area contributed by atoms with E-state index in [0.717, 1.165) is 0 Å². The van der Waals surface area contributed by atoms with Gasteiger partial charge in [0.25, 0.3) is 0 Å². The average molecular weight is 384 g/mol. The minimum atomic E-state index is -4.29. The lowest BCUT2D eigenvalue weighted by Crippen LogP contribution is -2.06. The maximum atomic E-state index is 12.0. The van der Waals surface area contributed by atoms with Crippen molar-refractivity contribution in [3.63, 3.8) is 0 Å². The van der Waals surface area contributed by atoms with E-state index < -0.39 is 12.1 Å². The molecular weight excluding hydrogens is 372 g/mol. The highest BCUT2D eigenvalue weighted by Gasteiger charge is 2.23. The summed E-state index contributed by atoms with van der Waals surface area (Å²) in [6.45, 7) is 0.103. The Bertz CT molecular complexity index is 441. The van der Waals surface area contributed by atoms with Gasteiger partial charge >= 0.3 is 12.1 Å². The van der Waals surface area contributed by atoms with Crippen LogP contribution in [0.2, 0.25) is 0 Å². The van der Waals surface area contributed by atoms with Gasteiger partial charge in [-0.15, -0.1) is 0 Å². The molecule has 0 fully saturated rings. The van der Waals surface area contributed by atoms with Crippen LogP contribution in [0, 0.1) is 0 Å². The smallest absolute Gasteiger partial charge is 0.410 e. The molecule has 0 saturated heterocycles. The van der Waals surface area contributed by atoms with E-state index in [0.29, 0.717) is 12.0 Å². The summed E-state index contributed by atoms with van der Waals surface area (Å²) < 4.78 is 41.1. The standard InChI is InChI=1S/C13H12F3IO2/c14-13(15,16)9-11(17)7-4-8-19-12(18)10-5-2-1-3-6-10/h1-3,5-6,9H,4,7-8H2/b11-9-. The van der Waals surface area contributed by atoms with E-state index in [1.807, 2.05) is 0 Å². The van der Waals surface area contributed by atoms with Crippen LogP contribution in [0.3, 0.4) is 0 Å². The quantitative estimate of drug-likeness (QED) is 0.425. The summed E-state index contributed by atoms with van der Waals surface area (Å²) in [5.74, 6) is -0.463. The van der Waals surface area contributed by atoms with Crippen molar-refractivity contribution in [3.05, 3.63) is 45.6 Å². The van der Waals surface area contributed by atoms with Gasteiger partial charge in [-0.3, -0.25) is 0 Å². The van der Waals surface area contributed by atoms with Crippen molar-refractivity contribution in [2.45, 2.75) is 19.0 Å². The van der Waals surface area contributed by atoms with Gasteiger partial charge < -0.3 is 4.74 Å². The predicted octanol–water partition coefficient (Wildman–Crippen LogP) is 4.50. The van der Waals surface area contributed by atoms with E-state index in [1.165, 1.54) is 0 Å². The number of alkyl halides is 3. The van der Waals surface area contributed by atoms with Crippen LogP contribution in [-0.4, -0.2) is 18.8 Å². The molecule has 19 heavy (non-hydrogen) atoms. The first kappa shape index (κ1) is 16.0. The Morgan fingerprint density at radius 3 is 2.47 bits per heavy atom. The fourth-order valence-corrected chi connectivity index (χ4v) is 2.05. The number of carbonyl (C=O) groups is 1. The molecule has 0 heterocycles. The van der Waals surface area contributed by atoms with Crippen LogP contribution in [0.1, 0.15) is 23.2 Å². The number of carbonyl (C=O) groups excluding carboxylic acids is 1. The van der Waals surface area contributed by atoms with E-state index in [1.54, 1.807) is 52.9 Å². The van der Waals surface area contributed by atoms with E-state index in [9.17, 15) is 18.0 Å². The minimum Gasteiger partial charge on any atom is -0.462 e. The van der Waals surface area contributed by atoms with Crippen LogP contribution in [0.5, 0.6) is 0 Å². The van der Waals surface area contributed by atoms with Crippen molar-refractivity contribution in [1.82, 2.24) is 0 Å². The molecule has 0 aliphatic rings. The Morgan fingerprint density at radius 1 is 1.26 bits per heavy atom. The number of esters is 1. The lowest BCUT2D eigenvalue weighted by atomic mass is 10.2. The molecule has 0 unspecified atom stereocenters. The van der Waals surface area contributed by atoms with E-state index in [2.05, 4.69) is 0 Å². The first-order chi connectivity index (χ1) is 8.88. The van der Waals surface area contributed by atoms with Gasteiger partial charge in [0, 0.05) is 6.08 Å². The molecule has 0 aliphatic heterocycles. The van der Waals surface area contributed by atoms with E-state index in [4.69, 9.17) is 4.74 Å². The number of ether oxygens (including phenoxy) is 1. The van der Waals surface area contributed by atoms with Crippen molar-refractivity contribution >= 4 is 28.6 Å². The molecule has 0 saturated carbocycles. The topological polar surface area (TPSA) is 26.3 Å². The number of hydrogen-bond donors (Lipinski definition) is 0. The minimum absolute atomic E-state index is 0.103. The van der Waals surface area contributed by atoms with Crippen LogP contribution in [0.25, 0.3) is 0 Å². The average Bonchev–Trinajstić information content (AvgIpc) is 2.33. The summed E-state index contributed by atoms with van der Waals surface area (Å²) in [5, 5.41) is 0. The fraction of sp³-hybridized carbons (Fsp3) is 0.308. The lowest BCUT2D eigenvalue weighted by Gasteiger charge is -2.05. The van der Waals surface area contributed by atoms with Crippen molar-refractivity contribution < 1.29 is 22.7 Å². The van der Waals surface area contributed by atoms with Gasteiger partial charge in [-0.05, 0) is 51.1 Å². The normalized spacial score (nSPS) is 12.3. The van der Waals surface area contributed by atoms with Crippen molar-refractivity contribution in [2.75, 3.05) is 6.61 Å². The Labute approximate surface area is 122 Å². The summed E-state index contributed by atoms with van der Waals surface area (Å²) in [7, 11) is 0. The van der Waals surface area contributed by atoms with Gasteiger partial charge in [0.15, 0.2) is 0 Å². The SMILES string of the molecule is O=C(OCCC/C(I)=C/C(F)(F)F)c1ccccc1. The Hall–Kier alpha value is -1.05. The second kappa shape index (κ2) is 7.52. The molecule has 0 aromatic heterocycles. The number of hydrogen-bond acceptors (Lipinski definition) is 2. The molecule has 0 aliphatic carbocycles. The van der Waals surface area contributed by atoms with Gasteiger partial charge in [-0.2, -0.15) is 13.2 Å². The first-order valence-corrected chi connectivity index (χ1v) is 6.62. The Balaban J connectivity index is 2.29. The Morgan fingerprint density at radius 2 is 1.89 bits per heavy atom. The second-order valence-corrected chi connectivity index (χ2v) is 5.12. The van der Waals surface area contributed by atoms with Gasteiger partial charge in [-0.1, -0.05) is 18.2 Å². The highest BCUT2D eigenvalue weighted by atomic mass is 127. The molecule has 0 amide bonds. The summed E-state index contributed by atoms with van der Waals surface area (Å²) in [6.07, 6.45) is -3.44. The molecule has 2 nitrogen and oxygen atoms in total. The number of rotatable bonds is 5. The number of benzene rings is 1. The second-order valence-electron chi connectivity index (χ2n) is 3.74. The molecule has 1 rings (SSSR count). The zero-order valence-electron chi connectivity index (χ0n) is 9.91. The van der Waals surface area contributed by atoms with Crippen LogP contribution in [-0.2, 0) is 4.74 Å². The summed E-state index contributed by atoms with van der Waals surface area (Å²) in [5.41, 5.74) is 0.433. The summed E-state index contributed by atoms with van der Waals surface area (Å²) in [4.78, 5) is 11.5. The Kier molecular flexibility index (Phi) is 6.33. The molecule has 6 heteroatoms. The third-order valence-corrected chi connectivity index (χ3v) is 2.97. The third kappa shape index (κ3) is 7.19. The van der Waals surface area contributed by atoms with Crippen molar-refractivity contribution in [2.24, 2.45) is 0 Å². The van der Waals surface area contributed by atoms with Crippen molar-refractivity contribution in [1.29, 1.82) is 0 Å². The van der Waals surface area contributed by atoms with Crippen LogP contribution >= 0.6 is 22.6 Å². The van der Waals surface area contributed by atoms with Gasteiger partial charge in [0.2, 0.25) is 0 Å². The zero-order chi connectivity index (χ0) is 14.3. The highest BCUT2D eigenvalue weighted by molar-refractivity contribution is 14.1. The summed E-state index contributed by atoms with van der Waals surface area (Å²) in [6, 6.07) is 8.45. The van der Waals surface area contributed by atoms with Gasteiger partial charge in [-0.25, -0.2) is 4.79 Å². The van der Waals surface area contributed by atoms with E-state index >= 15 is 0 Å². The summed E-state index contributed by atoms with van der Waals surface area (Å²) >= 11 is 1.64. The third-order valence-electron chi connectivity index (χ3n) is 2.12. The number of allylic oxidation sites excluding steroid dienone is 2. The first-order valence-electron chi connectivity index (χ1n) is 5.54.